The highest BCUT2D eigenvalue weighted by atomic mass is 32.2. The van der Waals surface area contributed by atoms with Crippen LogP contribution in [0.1, 0.15) is 27.8 Å². The second-order valence-electron chi connectivity index (χ2n) is 8.56. The molecule has 1 amide bonds. The van der Waals surface area contributed by atoms with Crippen LogP contribution < -0.4 is 4.90 Å². The van der Waals surface area contributed by atoms with E-state index < -0.39 is 10.0 Å². The molecule has 0 aliphatic heterocycles. The summed E-state index contributed by atoms with van der Waals surface area (Å²) in [4.78, 5) is 15.0. The van der Waals surface area contributed by atoms with Gasteiger partial charge in [0.2, 0.25) is 15.9 Å². The maximum atomic E-state index is 13.7. The highest BCUT2D eigenvalue weighted by Crippen LogP contribution is 2.23. The zero-order valence-electron chi connectivity index (χ0n) is 20.0. The minimum absolute atomic E-state index is 0.215. The number of rotatable bonds is 8. The van der Waals surface area contributed by atoms with Crippen molar-refractivity contribution in [2.24, 2.45) is 0 Å². The van der Waals surface area contributed by atoms with Crippen molar-refractivity contribution in [2.75, 3.05) is 25.0 Å². The van der Waals surface area contributed by atoms with Crippen LogP contribution in [0.2, 0.25) is 0 Å². The first kappa shape index (κ1) is 24.7. The summed E-state index contributed by atoms with van der Waals surface area (Å²) in [5, 5.41) is 0. The van der Waals surface area contributed by atoms with Gasteiger partial charge in [0.05, 0.1) is 11.4 Å². The third-order valence-corrected chi connectivity index (χ3v) is 8.00. The number of nitrogens with zero attached hydrogens (tertiary/aromatic N) is 2. The van der Waals surface area contributed by atoms with Crippen molar-refractivity contribution in [1.29, 1.82) is 0 Å². The van der Waals surface area contributed by atoms with Gasteiger partial charge >= 0.3 is 0 Å². The molecule has 33 heavy (non-hydrogen) atoms. The zero-order valence-corrected chi connectivity index (χ0v) is 20.8. The van der Waals surface area contributed by atoms with Crippen LogP contribution in [0.25, 0.3) is 0 Å². The van der Waals surface area contributed by atoms with Gasteiger partial charge in [0, 0.05) is 19.3 Å². The van der Waals surface area contributed by atoms with Crippen molar-refractivity contribution in [2.45, 2.75) is 39.0 Å². The van der Waals surface area contributed by atoms with Gasteiger partial charge < -0.3 is 4.90 Å². The summed E-state index contributed by atoms with van der Waals surface area (Å²) >= 11 is 0. The fraction of sp³-hybridized carbons (Fsp3) is 0.296. The Labute approximate surface area is 197 Å². The molecule has 3 aromatic rings. The molecule has 174 valence electrons. The number of carbonyl (C=O) groups excluding carboxylic acids is 1. The second-order valence-corrected chi connectivity index (χ2v) is 10.5. The number of likely N-dealkylation sites (N-methyl/N-ethyl adjacent to an activating group) is 1. The maximum Gasteiger partial charge on any atom is 0.243 e. The van der Waals surface area contributed by atoms with Crippen LogP contribution in [0, 0.1) is 27.7 Å². The van der Waals surface area contributed by atoms with Gasteiger partial charge in [0.25, 0.3) is 0 Å². The minimum atomic E-state index is -3.86. The second kappa shape index (κ2) is 10.3. The molecule has 0 aliphatic carbocycles. The number of amides is 1. The molecule has 0 bridgehead atoms. The van der Waals surface area contributed by atoms with Crippen LogP contribution in [0.3, 0.4) is 0 Å². The topological polar surface area (TPSA) is 57.7 Å². The molecule has 3 aromatic carbocycles. The number of aryl methyl sites for hydroxylation is 4. The minimum Gasteiger partial charge on any atom is -0.314 e. The van der Waals surface area contributed by atoms with Gasteiger partial charge in [-0.1, -0.05) is 48.5 Å². The summed E-state index contributed by atoms with van der Waals surface area (Å²) in [7, 11) is -2.18. The van der Waals surface area contributed by atoms with Crippen molar-refractivity contribution < 1.29 is 13.2 Å². The molecule has 0 heterocycles. The highest BCUT2D eigenvalue weighted by molar-refractivity contribution is 7.89. The van der Waals surface area contributed by atoms with E-state index in [1.807, 2.05) is 75.4 Å². The Kier molecular flexibility index (Phi) is 7.72. The van der Waals surface area contributed by atoms with Crippen LogP contribution in [0.4, 0.5) is 5.69 Å². The number of benzene rings is 3. The molecular weight excluding hydrogens is 432 g/mol. The maximum absolute atomic E-state index is 13.7. The van der Waals surface area contributed by atoms with Crippen molar-refractivity contribution >= 4 is 21.6 Å². The summed E-state index contributed by atoms with van der Waals surface area (Å²) in [5.74, 6) is -0.278. The van der Waals surface area contributed by atoms with Gasteiger partial charge in [0.1, 0.15) is 0 Å². The van der Waals surface area contributed by atoms with E-state index in [1.165, 1.54) is 9.21 Å². The normalized spacial score (nSPS) is 11.6. The van der Waals surface area contributed by atoms with Crippen LogP contribution in [0.5, 0.6) is 0 Å². The van der Waals surface area contributed by atoms with Gasteiger partial charge in [-0.2, -0.15) is 4.31 Å². The molecular formula is C27H32N2O3S. The van der Waals surface area contributed by atoms with E-state index in [4.69, 9.17) is 0 Å². The summed E-state index contributed by atoms with van der Waals surface area (Å²) < 4.78 is 28.7. The number of hydrogen-bond acceptors (Lipinski definition) is 3. The first-order chi connectivity index (χ1) is 15.6. The van der Waals surface area contributed by atoms with Crippen LogP contribution >= 0.6 is 0 Å². The molecule has 0 spiro atoms. The van der Waals surface area contributed by atoms with E-state index in [-0.39, 0.29) is 23.9 Å². The van der Waals surface area contributed by atoms with E-state index in [1.54, 1.807) is 26.1 Å². The molecule has 0 N–H and O–H groups in total. The summed E-state index contributed by atoms with van der Waals surface area (Å²) in [6.45, 7) is 7.64. The molecule has 0 aliphatic rings. The Morgan fingerprint density at radius 1 is 0.818 bits per heavy atom. The summed E-state index contributed by atoms with van der Waals surface area (Å²) in [5.41, 5.74) is 5.52. The molecule has 0 aromatic heterocycles. The molecule has 0 atom stereocenters. The Balaban J connectivity index is 1.91. The van der Waals surface area contributed by atoms with Crippen molar-refractivity contribution in [1.82, 2.24) is 4.31 Å². The van der Waals surface area contributed by atoms with E-state index in [0.29, 0.717) is 12.0 Å². The fourth-order valence-corrected chi connectivity index (χ4v) is 5.34. The van der Waals surface area contributed by atoms with E-state index >= 15 is 0 Å². The third kappa shape index (κ3) is 5.89. The molecule has 0 saturated carbocycles. The number of sulfonamides is 1. The zero-order chi connectivity index (χ0) is 24.2. The monoisotopic (exact) mass is 464 g/mol. The summed E-state index contributed by atoms with van der Waals surface area (Å²) in [6.07, 6.45) is 0.519. The SMILES string of the molecule is Cc1ccc(C)c(S(=O)(=O)N(CCc2ccccc2)CC(=O)N(C)c2ccc(C)c(C)c2)c1. The quantitative estimate of drug-likeness (QED) is 0.480. The standard InChI is InChI=1S/C27H32N2O3S/c1-20-11-12-22(3)26(17-20)33(31,32)29(16-15-24-9-7-6-8-10-24)19-27(30)28(5)25-14-13-21(2)23(4)18-25/h6-14,17-18H,15-16,19H2,1-5H3. The van der Waals surface area contributed by atoms with Crippen molar-refractivity contribution in [3.8, 4) is 0 Å². The lowest BCUT2D eigenvalue weighted by Crippen LogP contribution is -2.42. The number of hydrogen-bond donors (Lipinski definition) is 0. The van der Waals surface area contributed by atoms with Gasteiger partial charge in [-0.25, -0.2) is 8.42 Å². The largest absolute Gasteiger partial charge is 0.314 e. The van der Waals surface area contributed by atoms with Crippen molar-refractivity contribution in [3.05, 3.63) is 94.5 Å². The highest BCUT2D eigenvalue weighted by Gasteiger charge is 2.29. The lowest BCUT2D eigenvalue weighted by molar-refractivity contribution is -0.118. The van der Waals surface area contributed by atoms with Gasteiger partial charge in [-0.15, -0.1) is 0 Å². The lowest BCUT2D eigenvalue weighted by Gasteiger charge is -2.26. The van der Waals surface area contributed by atoms with E-state index in [9.17, 15) is 13.2 Å². The molecule has 0 unspecified atom stereocenters. The predicted octanol–water partition coefficient (Wildman–Crippen LogP) is 4.82. The van der Waals surface area contributed by atoms with Gasteiger partial charge in [-0.05, 0) is 80.1 Å². The fourth-order valence-electron chi connectivity index (χ4n) is 3.64. The molecule has 0 fully saturated rings. The smallest absolute Gasteiger partial charge is 0.243 e. The van der Waals surface area contributed by atoms with E-state index in [2.05, 4.69) is 0 Å². The van der Waals surface area contributed by atoms with E-state index in [0.717, 1.165) is 27.9 Å². The predicted molar refractivity (Wildman–Crippen MR) is 134 cm³/mol. The first-order valence-electron chi connectivity index (χ1n) is 11.0. The van der Waals surface area contributed by atoms with Crippen LogP contribution in [0.15, 0.2) is 71.6 Å². The van der Waals surface area contributed by atoms with Gasteiger partial charge in [0.15, 0.2) is 0 Å². The molecule has 3 rings (SSSR count). The first-order valence-corrected chi connectivity index (χ1v) is 12.5. The Morgan fingerprint density at radius 3 is 2.15 bits per heavy atom. The Hall–Kier alpha value is -2.96. The lowest BCUT2D eigenvalue weighted by atomic mass is 10.1. The summed E-state index contributed by atoms with van der Waals surface area (Å²) in [6, 6.07) is 20.9. The Bertz CT molecular complexity index is 1240. The molecule has 6 heteroatoms. The average Bonchev–Trinajstić information content (AvgIpc) is 2.79. The molecule has 0 saturated heterocycles. The number of carbonyl (C=O) groups is 1. The van der Waals surface area contributed by atoms with Crippen molar-refractivity contribution in [3.63, 3.8) is 0 Å². The average molecular weight is 465 g/mol. The van der Waals surface area contributed by atoms with Gasteiger partial charge in [-0.3, -0.25) is 4.79 Å². The van der Waals surface area contributed by atoms with Crippen LogP contribution in [-0.2, 0) is 21.2 Å². The molecule has 0 radical (unpaired) electrons. The third-order valence-electron chi connectivity index (χ3n) is 6.02. The number of anilines is 1. The van der Waals surface area contributed by atoms with Crippen LogP contribution in [-0.4, -0.2) is 38.8 Å². The Morgan fingerprint density at radius 2 is 1.48 bits per heavy atom. The molecule has 5 nitrogen and oxygen atoms in total.